The average Bonchev–Trinajstić information content (AvgIpc) is 3.20. The van der Waals surface area contributed by atoms with E-state index in [4.69, 9.17) is 9.47 Å². The van der Waals surface area contributed by atoms with Crippen molar-refractivity contribution in [3.05, 3.63) is 48.0 Å². The summed E-state index contributed by atoms with van der Waals surface area (Å²) < 4.78 is 10.7. The molecule has 7 nitrogen and oxygen atoms in total. The number of aromatic nitrogens is 2. The summed E-state index contributed by atoms with van der Waals surface area (Å²) in [5, 5.41) is 0. The fourth-order valence-corrected chi connectivity index (χ4v) is 3.56. The van der Waals surface area contributed by atoms with E-state index in [1.807, 2.05) is 0 Å². The van der Waals surface area contributed by atoms with E-state index in [0.717, 1.165) is 18.5 Å². The number of carbonyl (C=O) groups excluding carboxylic acids is 2. The summed E-state index contributed by atoms with van der Waals surface area (Å²) in [4.78, 5) is 35.5. The number of ether oxygens (including phenoxy) is 2. The normalized spacial score (nSPS) is 18.4. The van der Waals surface area contributed by atoms with Crippen molar-refractivity contribution in [1.29, 1.82) is 0 Å². The van der Waals surface area contributed by atoms with Crippen LogP contribution in [0.3, 0.4) is 0 Å². The van der Waals surface area contributed by atoms with Gasteiger partial charge in [0.25, 0.3) is 0 Å². The van der Waals surface area contributed by atoms with Crippen LogP contribution in [0.2, 0.25) is 0 Å². The number of hydrogen-bond acceptors (Lipinski definition) is 6. The lowest BCUT2D eigenvalue weighted by molar-refractivity contribution is -0.132. The molecule has 1 amide bonds. The molecule has 2 aromatic rings. The molecular weight excluding hydrogens is 346 g/mol. The van der Waals surface area contributed by atoms with Crippen LogP contribution in [0.4, 0.5) is 0 Å². The number of nitrogens with zero attached hydrogens (tertiary/aromatic N) is 3. The zero-order valence-corrected chi connectivity index (χ0v) is 15.0. The van der Waals surface area contributed by atoms with Gasteiger partial charge in [0.15, 0.2) is 17.3 Å². The number of carbonyl (C=O) groups is 2. The van der Waals surface area contributed by atoms with E-state index in [-0.39, 0.29) is 24.4 Å². The number of fused-ring (bicyclic) bond motifs is 1. The second kappa shape index (κ2) is 7.73. The summed E-state index contributed by atoms with van der Waals surface area (Å²) in [7, 11) is 0. The number of hydrogen-bond donors (Lipinski definition) is 0. The van der Waals surface area contributed by atoms with Gasteiger partial charge in [0.1, 0.15) is 0 Å². The Labute approximate surface area is 157 Å². The first kappa shape index (κ1) is 17.5. The van der Waals surface area contributed by atoms with E-state index in [9.17, 15) is 9.59 Å². The first-order valence-electron chi connectivity index (χ1n) is 9.17. The van der Waals surface area contributed by atoms with E-state index in [2.05, 4.69) is 9.97 Å². The van der Waals surface area contributed by atoms with Crippen LogP contribution < -0.4 is 9.47 Å². The minimum atomic E-state index is -0.181. The minimum Gasteiger partial charge on any atom is -0.454 e. The number of amides is 1. The highest BCUT2D eigenvalue weighted by Crippen LogP contribution is 2.33. The SMILES string of the molecule is O=C(c1ccc2c(c1)OCO2)C1CCCN(C(=O)CCc2cnccn2)C1. The summed E-state index contributed by atoms with van der Waals surface area (Å²) >= 11 is 0. The Bertz CT molecular complexity index is 840. The monoisotopic (exact) mass is 367 g/mol. The average molecular weight is 367 g/mol. The Morgan fingerprint density at radius 3 is 2.93 bits per heavy atom. The number of piperidine rings is 1. The highest BCUT2D eigenvalue weighted by atomic mass is 16.7. The van der Waals surface area contributed by atoms with Crippen LogP contribution in [0.15, 0.2) is 36.8 Å². The third-order valence-electron chi connectivity index (χ3n) is 5.01. The van der Waals surface area contributed by atoms with Crippen molar-refractivity contribution in [3.63, 3.8) is 0 Å². The molecule has 0 aliphatic carbocycles. The summed E-state index contributed by atoms with van der Waals surface area (Å²) in [6.45, 7) is 1.35. The lowest BCUT2D eigenvalue weighted by atomic mass is 9.89. The second-order valence-corrected chi connectivity index (χ2v) is 6.81. The lowest BCUT2D eigenvalue weighted by Crippen LogP contribution is -2.42. The molecule has 2 aliphatic rings. The van der Waals surface area contributed by atoms with Crippen molar-refractivity contribution in [1.82, 2.24) is 14.9 Å². The number of rotatable bonds is 5. The highest BCUT2D eigenvalue weighted by molar-refractivity contribution is 5.99. The van der Waals surface area contributed by atoms with Gasteiger partial charge < -0.3 is 14.4 Å². The predicted molar refractivity (Wildman–Crippen MR) is 96.6 cm³/mol. The van der Waals surface area contributed by atoms with E-state index >= 15 is 0 Å². The number of ketones is 1. The van der Waals surface area contributed by atoms with Crippen LogP contribution >= 0.6 is 0 Å². The standard InChI is InChI=1S/C20H21N3O4/c24-19(6-4-16-11-21-7-8-22-16)23-9-1-2-15(12-23)20(25)14-3-5-17-18(10-14)27-13-26-17/h3,5,7-8,10-11,15H,1-2,4,6,9,12-13H2. The van der Waals surface area contributed by atoms with Crippen LogP contribution in [0.25, 0.3) is 0 Å². The van der Waals surface area contributed by atoms with Gasteiger partial charge in [-0.3, -0.25) is 19.6 Å². The Morgan fingerprint density at radius 2 is 2.07 bits per heavy atom. The van der Waals surface area contributed by atoms with Crippen molar-refractivity contribution in [3.8, 4) is 11.5 Å². The number of aryl methyl sites for hydroxylation is 1. The molecule has 0 saturated carbocycles. The van der Waals surface area contributed by atoms with Gasteiger partial charge in [0.05, 0.1) is 5.69 Å². The molecular formula is C20H21N3O4. The Kier molecular flexibility index (Phi) is 5.00. The molecule has 1 atom stereocenters. The van der Waals surface area contributed by atoms with Crippen molar-refractivity contribution >= 4 is 11.7 Å². The lowest BCUT2D eigenvalue weighted by Gasteiger charge is -2.32. The molecule has 0 bridgehead atoms. The highest BCUT2D eigenvalue weighted by Gasteiger charge is 2.29. The maximum atomic E-state index is 12.9. The molecule has 1 saturated heterocycles. The maximum Gasteiger partial charge on any atom is 0.231 e. The fourth-order valence-electron chi connectivity index (χ4n) is 3.56. The fraction of sp³-hybridized carbons (Fsp3) is 0.400. The molecule has 1 aromatic heterocycles. The second-order valence-electron chi connectivity index (χ2n) is 6.81. The van der Waals surface area contributed by atoms with Gasteiger partial charge in [-0.1, -0.05) is 0 Å². The molecule has 27 heavy (non-hydrogen) atoms. The van der Waals surface area contributed by atoms with Crippen LogP contribution in [-0.2, 0) is 11.2 Å². The Balaban J connectivity index is 1.37. The van der Waals surface area contributed by atoms with Gasteiger partial charge in [0.2, 0.25) is 12.7 Å². The molecule has 4 rings (SSSR count). The first-order chi connectivity index (χ1) is 13.2. The zero-order chi connectivity index (χ0) is 18.6. The third-order valence-corrected chi connectivity index (χ3v) is 5.01. The molecule has 1 aromatic carbocycles. The van der Waals surface area contributed by atoms with Crippen molar-refractivity contribution in [2.45, 2.75) is 25.7 Å². The largest absolute Gasteiger partial charge is 0.454 e. The molecule has 2 aliphatic heterocycles. The van der Waals surface area contributed by atoms with Gasteiger partial charge in [-0.2, -0.15) is 0 Å². The molecule has 3 heterocycles. The minimum absolute atomic E-state index is 0.0553. The quantitative estimate of drug-likeness (QED) is 0.754. The van der Waals surface area contributed by atoms with Crippen molar-refractivity contribution in [2.75, 3.05) is 19.9 Å². The van der Waals surface area contributed by atoms with Crippen LogP contribution in [0.5, 0.6) is 11.5 Å². The van der Waals surface area contributed by atoms with E-state index in [0.29, 0.717) is 43.0 Å². The number of likely N-dealkylation sites (tertiary alicyclic amines) is 1. The zero-order valence-electron chi connectivity index (χ0n) is 15.0. The van der Waals surface area contributed by atoms with E-state index in [1.165, 1.54) is 0 Å². The number of benzene rings is 1. The summed E-state index contributed by atoms with van der Waals surface area (Å²) in [6, 6.07) is 5.27. The van der Waals surface area contributed by atoms with Crippen molar-refractivity contribution in [2.24, 2.45) is 5.92 Å². The molecule has 0 spiro atoms. The van der Waals surface area contributed by atoms with Crippen LogP contribution in [-0.4, -0.2) is 46.4 Å². The molecule has 140 valence electrons. The van der Waals surface area contributed by atoms with Crippen molar-refractivity contribution < 1.29 is 19.1 Å². The summed E-state index contributed by atoms with van der Waals surface area (Å²) in [5.41, 5.74) is 1.41. The topological polar surface area (TPSA) is 81.6 Å². The molecule has 1 unspecified atom stereocenters. The van der Waals surface area contributed by atoms with Crippen LogP contribution in [0.1, 0.15) is 35.3 Å². The Morgan fingerprint density at radius 1 is 1.19 bits per heavy atom. The first-order valence-corrected chi connectivity index (χ1v) is 9.17. The van der Waals surface area contributed by atoms with Gasteiger partial charge >= 0.3 is 0 Å². The predicted octanol–water partition coefficient (Wildman–Crippen LogP) is 2.26. The molecule has 7 heteroatoms. The van der Waals surface area contributed by atoms with Gasteiger partial charge in [-0.05, 0) is 37.5 Å². The maximum absolute atomic E-state index is 12.9. The molecule has 1 fully saturated rings. The van der Waals surface area contributed by atoms with E-state index in [1.54, 1.807) is 41.7 Å². The summed E-state index contributed by atoms with van der Waals surface area (Å²) in [6.07, 6.45) is 7.48. The van der Waals surface area contributed by atoms with Gasteiger partial charge in [-0.15, -0.1) is 0 Å². The Hall–Kier alpha value is -2.96. The molecule has 0 N–H and O–H groups in total. The van der Waals surface area contributed by atoms with E-state index < -0.39 is 0 Å². The van der Waals surface area contributed by atoms with Gasteiger partial charge in [0, 0.05) is 49.6 Å². The third kappa shape index (κ3) is 3.92. The number of Topliss-reactive ketones (excluding diaryl/α,β-unsaturated/α-hetero) is 1. The van der Waals surface area contributed by atoms with Crippen LogP contribution in [0, 0.1) is 5.92 Å². The smallest absolute Gasteiger partial charge is 0.231 e. The molecule has 0 radical (unpaired) electrons. The van der Waals surface area contributed by atoms with Gasteiger partial charge in [-0.25, -0.2) is 0 Å². The summed E-state index contributed by atoms with van der Waals surface area (Å²) in [5.74, 6) is 1.20.